The Kier molecular flexibility index (Phi) is 7.87. The van der Waals surface area contributed by atoms with E-state index in [2.05, 4.69) is 32.4 Å². The van der Waals surface area contributed by atoms with Crippen LogP contribution in [0.3, 0.4) is 0 Å². The molecule has 128 valence electrons. The molecule has 2 N–H and O–H groups in total. The summed E-state index contributed by atoms with van der Waals surface area (Å²) in [6.07, 6.45) is 8.36. The summed E-state index contributed by atoms with van der Waals surface area (Å²) in [5.41, 5.74) is 1.02. The molecule has 1 aliphatic rings. The summed E-state index contributed by atoms with van der Waals surface area (Å²) in [6, 6.07) is 6.71. The van der Waals surface area contributed by atoms with Crippen LogP contribution in [0.1, 0.15) is 44.7 Å². The molecule has 2 rings (SSSR count). The maximum absolute atomic E-state index is 4.30. The lowest BCUT2D eigenvalue weighted by Gasteiger charge is -2.33. The molecule has 5 heteroatoms. The van der Waals surface area contributed by atoms with Gasteiger partial charge in [0.05, 0.1) is 12.2 Å². The quantitative estimate of drug-likeness (QED) is 0.461. The molecule has 2 heterocycles. The van der Waals surface area contributed by atoms with E-state index in [0.29, 0.717) is 6.54 Å². The van der Waals surface area contributed by atoms with Gasteiger partial charge in [-0.15, -0.1) is 0 Å². The van der Waals surface area contributed by atoms with E-state index in [-0.39, 0.29) is 0 Å². The van der Waals surface area contributed by atoms with E-state index >= 15 is 0 Å². The molecule has 0 radical (unpaired) electrons. The Morgan fingerprint density at radius 1 is 1.30 bits per heavy atom. The first kappa shape index (κ1) is 17.7. The van der Waals surface area contributed by atoms with Gasteiger partial charge in [0.15, 0.2) is 5.96 Å². The van der Waals surface area contributed by atoms with Crippen LogP contribution >= 0.6 is 0 Å². The van der Waals surface area contributed by atoms with Gasteiger partial charge in [0, 0.05) is 25.8 Å². The molecule has 1 unspecified atom stereocenters. The molecule has 0 aromatic carbocycles. The molecule has 5 nitrogen and oxygen atoms in total. The summed E-state index contributed by atoms with van der Waals surface area (Å²) >= 11 is 0. The monoisotopic (exact) mass is 317 g/mol. The number of likely N-dealkylation sites (tertiary alicyclic amines) is 1. The Morgan fingerprint density at radius 2 is 2.22 bits per heavy atom. The Balaban J connectivity index is 1.57. The second-order valence-corrected chi connectivity index (χ2v) is 6.26. The number of aromatic nitrogens is 1. The van der Waals surface area contributed by atoms with Crippen molar-refractivity contribution in [2.45, 2.75) is 51.6 Å². The van der Waals surface area contributed by atoms with Crippen LogP contribution < -0.4 is 10.6 Å². The molecule has 0 saturated carbocycles. The molecule has 23 heavy (non-hydrogen) atoms. The van der Waals surface area contributed by atoms with Gasteiger partial charge in [-0.2, -0.15) is 0 Å². The van der Waals surface area contributed by atoms with Crippen LogP contribution in [0.25, 0.3) is 0 Å². The Hall–Kier alpha value is -1.62. The molecular formula is C18H31N5. The van der Waals surface area contributed by atoms with Gasteiger partial charge in [-0.1, -0.05) is 12.5 Å². The SMILES string of the molecule is CN=C(NCCCCN1CCCCC1C)NCc1ccccn1. The van der Waals surface area contributed by atoms with Gasteiger partial charge in [-0.25, -0.2) is 0 Å². The first-order valence-electron chi connectivity index (χ1n) is 8.88. The highest BCUT2D eigenvalue weighted by atomic mass is 15.2. The van der Waals surface area contributed by atoms with Crippen LogP contribution in [0.2, 0.25) is 0 Å². The molecule has 1 atom stereocenters. The number of rotatable bonds is 7. The second-order valence-electron chi connectivity index (χ2n) is 6.26. The van der Waals surface area contributed by atoms with E-state index in [1.165, 1.54) is 45.2 Å². The Bertz CT molecular complexity index is 460. The zero-order valence-corrected chi connectivity index (χ0v) is 14.6. The fourth-order valence-corrected chi connectivity index (χ4v) is 3.03. The number of unbranched alkanes of at least 4 members (excludes halogenated alkanes) is 1. The Labute approximate surface area is 140 Å². The zero-order chi connectivity index (χ0) is 16.3. The van der Waals surface area contributed by atoms with Gasteiger partial charge in [0.2, 0.25) is 0 Å². The first-order chi connectivity index (χ1) is 11.3. The second kappa shape index (κ2) is 10.2. The van der Waals surface area contributed by atoms with E-state index in [1.807, 2.05) is 31.4 Å². The van der Waals surface area contributed by atoms with E-state index in [0.717, 1.165) is 24.2 Å². The average molecular weight is 317 g/mol. The van der Waals surface area contributed by atoms with Crippen molar-refractivity contribution in [2.75, 3.05) is 26.7 Å². The van der Waals surface area contributed by atoms with Crippen molar-refractivity contribution in [3.63, 3.8) is 0 Å². The lowest BCUT2D eigenvalue weighted by atomic mass is 10.0. The number of nitrogens with one attached hydrogen (secondary N) is 2. The van der Waals surface area contributed by atoms with Gasteiger partial charge < -0.3 is 15.5 Å². The van der Waals surface area contributed by atoms with Crippen molar-refractivity contribution in [2.24, 2.45) is 4.99 Å². The molecule has 0 spiro atoms. The minimum atomic E-state index is 0.700. The number of piperidine rings is 1. The molecule has 1 aromatic rings. The van der Waals surface area contributed by atoms with Gasteiger partial charge in [-0.3, -0.25) is 9.98 Å². The third-order valence-electron chi connectivity index (χ3n) is 4.49. The number of nitrogens with zero attached hydrogens (tertiary/aromatic N) is 3. The third kappa shape index (κ3) is 6.57. The maximum atomic E-state index is 4.30. The summed E-state index contributed by atoms with van der Waals surface area (Å²) in [4.78, 5) is 11.2. The molecule has 0 bridgehead atoms. The van der Waals surface area contributed by atoms with Crippen molar-refractivity contribution in [3.8, 4) is 0 Å². The summed E-state index contributed by atoms with van der Waals surface area (Å²) in [7, 11) is 1.81. The van der Waals surface area contributed by atoms with Crippen LogP contribution in [0, 0.1) is 0 Å². The smallest absolute Gasteiger partial charge is 0.191 e. The van der Waals surface area contributed by atoms with Crippen LogP contribution in [0.5, 0.6) is 0 Å². The van der Waals surface area contributed by atoms with Crippen LogP contribution in [0.4, 0.5) is 0 Å². The van der Waals surface area contributed by atoms with Crippen molar-refractivity contribution >= 4 is 5.96 Å². The zero-order valence-electron chi connectivity index (χ0n) is 14.6. The molecule has 1 aromatic heterocycles. The van der Waals surface area contributed by atoms with Gasteiger partial charge in [-0.05, 0) is 57.8 Å². The summed E-state index contributed by atoms with van der Waals surface area (Å²) < 4.78 is 0. The van der Waals surface area contributed by atoms with Crippen LogP contribution in [-0.4, -0.2) is 48.6 Å². The van der Waals surface area contributed by atoms with Crippen LogP contribution in [0.15, 0.2) is 29.4 Å². The molecule has 0 amide bonds. The third-order valence-corrected chi connectivity index (χ3v) is 4.49. The molecule has 1 fully saturated rings. The van der Waals surface area contributed by atoms with Crippen molar-refractivity contribution < 1.29 is 0 Å². The van der Waals surface area contributed by atoms with Crippen LogP contribution in [-0.2, 0) is 6.54 Å². The summed E-state index contributed by atoms with van der Waals surface area (Å²) in [5, 5.41) is 6.68. The van der Waals surface area contributed by atoms with Crippen molar-refractivity contribution in [1.82, 2.24) is 20.5 Å². The van der Waals surface area contributed by atoms with E-state index in [9.17, 15) is 0 Å². The highest BCUT2D eigenvalue weighted by molar-refractivity contribution is 5.79. The average Bonchev–Trinajstić information content (AvgIpc) is 2.59. The molecule has 1 saturated heterocycles. The minimum absolute atomic E-state index is 0.700. The predicted octanol–water partition coefficient (Wildman–Crippen LogP) is 2.40. The normalized spacial score (nSPS) is 19.6. The van der Waals surface area contributed by atoms with E-state index in [1.54, 1.807) is 0 Å². The van der Waals surface area contributed by atoms with Crippen molar-refractivity contribution in [3.05, 3.63) is 30.1 Å². The lowest BCUT2D eigenvalue weighted by Crippen LogP contribution is -2.39. The fraction of sp³-hybridized carbons (Fsp3) is 0.667. The highest BCUT2D eigenvalue weighted by Gasteiger charge is 2.16. The first-order valence-corrected chi connectivity index (χ1v) is 8.88. The van der Waals surface area contributed by atoms with Crippen molar-refractivity contribution in [1.29, 1.82) is 0 Å². The molecule has 1 aliphatic heterocycles. The lowest BCUT2D eigenvalue weighted by molar-refractivity contribution is 0.158. The predicted molar refractivity (Wildman–Crippen MR) is 96.6 cm³/mol. The highest BCUT2D eigenvalue weighted by Crippen LogP contribution is 2.16. The number of hydrogen-bond acceptors (Lipinski definition) is 3. The Morgan fingerprint density at radius 3 is 2.96 bits per heavy atom. The topological polar surface area (TPSA) is 52.6 Å². The fourth-order valence-electron chi connectivity index (χ4n) is 3.03. The molecular weight excluding hydrogens is 286 g/mol. The van der Waals surface area contributed by atoms with Gasteiger partial charge in [0.1, 0.15) is 0 Å². The number of pyridine rings is 1. The minimum Gasteiger partial charge on any atom is -0.356 e. The molecule has 0 aliphatic carbocycles. The van der Waals surface area contributed by atoms with E-state index < -0.39 is 0 Å². The summed E-state index contributed by atoms with van der Waals surface area (Å²) in [5.74, 6) is 0.849. The maximum Gasteiger partial charge on any atom is 0.191 e. The standard InChI is InChI=1S/C18H31N5/c1-16-9-4-7-13-23(16)14-8-6-12-21-18(19-2)22-15-17-10-3-5-11-20-17/h3,5,10-11,16H,4,6-9,12-15H2,1-2H3,(H2,19,21,22). The largest absolute Gasteiger partial charge is 0.356 e. The summed E-state index contributed by atoms with van der Waals surface area (Å²) in [6.45, 7) is 6.53. The number of hydrogen-bond donors (Lipinski definition) is 2. The van der Waals surface area contributed by atoms with Gasteiger partial charge in [0.25, 0.3) is 0 Å². The van der Waals surface area contributed by atoms with E-state index in [4.69, 9.17) is 0 Å². The van der Waals surface area contributed by atoms with Gasteiger partial charge >= 0.3 is 0 Å². The number of aliphatic imine (C=N–C) groups is 1. The number of guanidine groups is 1.